The largest absolute Gasteiger partial charge is 0.465 e. The van der Waals surface area contributed by atoms with Gasteiger partial charge in [-0.25, -0.2) is 0 Å². The smallest absolute Gasteiger partial charge is 0.323 e. The highest BCUT2D eigenvalue weighted by molar-refractivity contribution is 5.76. The molecule has 0 saturated heterocycles. The zero-order valence-corrected chi connectivity index (χ0v) is 11.0. The van der Waals surface area contributed by atoms with Gasteiger partial charge in [0.15, 0.2) is 0 Å². The van der Waals surface area contributed by atoms with Crippen LogP contribution < -0.4 is 5.32 Å². The number of carbonyl (C=O) groups is 1. The van der Waals surface area contributed by atoms with Gasteiger partial charge in [-0.1, -0.05) is 33.6 Å². The van der Waals surface area contributed by atoms with Gasteiger partial charge < -0.3 is 10.1 Å². The molecule has 0 bridgehead atoms. The maximum absolute atomic E-state index is 11.9. The van der Waals surface area contributed by atoms with Crippen LogP contribution in [0.25, 0.3) is 0 Å². The second kappa shape index (κ2) is 5.67. The fourth-order valence-electron chi connectivity index (χ4n) is 2.23. The molecule has 0 heterocycles. The van der Waals surface area contributed by atoms with Crippen molar-refractivity contribution in [3.05, 3.63) is 0 Å². The van der Waals surface area contributed by atoms with Crippen LogP contribution in [0.4, 0.5) is 0 Å². The third-order valence-corrected chi connectivity index (χ3v) is 3.15. The van der Waals surface area contributed by atoms with Crippen LogP contribution in [0.3, 0.4) is 0 Å². The summed E-state index contributed by atoms with van der Waals surface area (Å²) >= 11 is 0. The van der Waals surface area contributed by atoms with Crippen LogP contribution in [-0.4, -0.2) is 24.7 Å². The van der Waals surface area contributed by atoms with Gasteiger partial charge in [0.05, 0.1) is 6.61 Å². The van der Waals surface area contributed by atoms with Crippen molar-refractivity contribution in [3.8, 4) is 0 Å². The van der Waals surface area contributed by atoms with Crippen LogP contribution in [0, 0.1) is 5.41 Å². The Kier molecular flexibility index (Phi) is 4.78. The molecule has 16 heavy (non-hydrogen) atoms. The summed E-state index contributed by atoms with van der Waals surface area (Å²) in [6.07, 6.45) is 4.92. The van der Waals surface area contributed by atoms with Crippen LogP contribution in [0.5, 0.6) is 0 Å². The number of carbonyl (C=O) groups excluding carboxylic acids is 1. The minimum Gasteiger partial charge on any atom is -0.465 e. The van der Waals surface area contributed by atoms with Gasteiger partial charge in [-0.05, 0) is 25.2 Å². The molecule has 1 atom stereocenters. The molecule has 0 aromatic carbocycles. The molecule has 1 aliphatic carbocycles. The SMILES string of the molecule is CCOC(=O)C(NC1CCCC1)C(C)(C)C. The van der Waals surface area contributed by atoms with E-state index in [-0.39, 0.29) is 17.4 Å². The van der Waals surface area contributed by atoms with Crippen LogP contribution in [0.15, 0.2) is 0 Å². The number of hydrogen-bond acceptors (Lipinski definition) is 3. The molecule has 1 unspecified atom stereocenters. The summed E-state index contributed by atoms with van der Waals surface area (Å²) in [6, 6.07) is 0.309. The average Bonchev–Trinajstić information content (AvgIpc) is 2.64. The van der Waals surface area contributed by atoms with E-state index >= 15 is 0 Å². The predicted molar refractivity (Wildman–Crippen MR) is 65.3 cm³/mol. The van der Waals surface area contributed by atoms with E-state index in [4.69, 9.17) is 4.74 Å². The van der Waals surface area contributed by atoms with E-state index in [1.807, 2.05) is 6.92 Å². The highest BCUT2D eigenvalue weighted by Gasteiger charge is 2.34. The molecule has 3 heteroatoms. The maximum atomic E-state index is 11.9. The predicted octanol–water partition coefficient (Wildman–Crippen LogP) is 2.50. The quantitative estimate of drug-likeness (QED) is 0.750. The summed E-state index contributed by atoms with van der Waals surface area (Å²) in [5.41, 5.74) is -0.0884. The van der Waals surface area contributed by atoms with E-state index in [9.17, 15) is 4.79 Å². The van der Waals surface area contributed by atoms with Crippen molar-refractivity contribution in [1.82, 2.24) is 5.32 Å². The molecule has 1 N–H and O–H groups in total. The van der Waals surface area contributed by atoms with Crippen molar-refractivity contribution < 1.29 is 9.53 Å². The molecule has 3 nitrogen and oxygen atoms in total. The second-order valence-corrected chi connectivity index (χ2v) is 5.70. The van der Waals surface area contributed by atoms with Crippen molar-refractivity contribution in [3.63, 3.8) is 0 Å². The Bertz CT molecular complexity index is 227. The lowest BCUT2D eigenvalue weighted by Crippen LogP contribution is -2.50. The van der Waals surface area contributed by atoms with Gasteiger partial charge in [-0.15, -0.1) is 0 Å². The molecule has 0 amide bonds. The van der Waals surface area contributed by atoms with Crippen molar-refractivity contribution in [2.75, 3.05) is 6.61 Å². The lowest BCUT2D eigenvalue weighted by atomic mass is 9.86. The van der Waals surface area contributed by atoms with Crippen molar-refractivity contribution >= 4 is 5.97 Å². The summed E-state index contributed by atoms with van der Waals surface area (Å²) in [5, 5.41) is 3.47. The first-order chi connectivity index (χ1) is 7.45. The molecule has 1 saturated carbocycles. The van der Waals surface area contributed by atoms with Crippen LogP contribution in [0.2, 0.25) is 0 Å². The Hall–Kier alpha value is -0.570. The summed E-state index contributed by atoms with van der Waals surface area (Å²) in [5.74, 6) is -0.109. The standard InChI is InChI=1S/C13H25NO2/c1-5-16-12(15)11(13(2,3)4)14-10-8-6-7-9-10/h10-11,14H,5-9H2,1-4H3. The van der Waals surface area contributed by atoms with Gasteiger partial charge in [0, 0.05) is 6.04 Å². The van der Waals surface area contributed by atoms with Gasteiger partial charge in [0.25, 0.3) is 0 Å². The first-order valence-corrected chi connectivity index (χ1v) is 6.38. The molecule has 0 aliphatic heterocycles. The molecule has 1 fully saturated rings. The zero-order chi connectivity index (χ0) is 12.2. The van der Waals surface area contributed by atoms with Crippen LogP contribution in [-0.2, 0) is 9.53 Å². The molecular weight excluding hydrogens is 202 g/mol. The van der Waals surface area contributed by atoms with E-state index in [0.29, 0.717) is 12.6 Å². The van der Waals surface area contributed by atoms with Gasteiger partial charge in [0.1, 0.15) is 6.04 Å². The van der Waals surface area contributed by atoms with E-state index in [2.05, 4.69) is 26.1 Å². The fraction of sp³-hybridized carbons (Fsp3) is 0.923. The van der Waals surface area contributed by atoms with Crippen molar-refractivity contribution in [1.29, 1.82) is 0 Å². The van der Waals surface area contributed by atoms with Crippen LogP contribution in [0.1, 0.15) is 53.4 Å². The topological polar surface area (TPSA) is 38.3 Å². The molecule has 0 aromatic heterocycles. The summed E-state index contributed by atoms with van der Waals surface area (Å²) in [6.45, 7) is 8.55. The van der Waals surface area contributed by atoms with E-state index in [1.165, 1.54) is 25.7 Å². The third-order valence-electron chi connectivity index (χ3n) is 3.15. The Morgan fingerprint density at radius 2 is 1.94 bits per heavy atom. The van der Waals surface area contributed by atoms with E-state index < -0.39 is 0 Å². The molecule has 94 valence electrons. The number of nitrogens with one attached hydrogen (secondary N) is 1. The third kappa shape index (κ3) is 3.78. The fourth-order valence-corrected chi connectivity index (χ4v) is 2.23. The molecule has 1 aliphatic rings. The van der Waals surface area contributed by atoms with Gasteiger partial charge in [-0.3, -0.25) is 4.79 Å². The molecule has 0 aromatic rings. The summed E-state index contributed by atoms with van der Waals surface area (Å²) in [7, 11) is 0. The Morgan fingerprint density at radius 3 is 2.38 bits per heavy atom. The van der Waals surface area contributed by atoms with Gasteiger partial charge in [-0.2, -0.15) is 0 Å². The Balaban J connectivity index is 2.59. The average molecular weight is 227 g/mol. The number of esters is 1. The summed E-state index contributed by atoms with van der Waals surface area (Å²) < 4.78 is 5.14. The maximum Gasteiger partial charge on any atom is 0.323 e. The van der Waals surface area contributed by atoms with Gasteiger partial charge >= 0.3 is 5.97 Å². The highest BCUT2D eigenvalue weighted by Crippen LogP contribution is 2.25. The first kappa shape index (κ1) is 13.5. The Labute approximate surface area is 98.9 Å². The van der Waals surface area contributed by atoms with E-state index in [0.717, 1.165) is 0 Å². The number of rotatable bonds is 4. The monoisotopic (exact) mass is 227 g/mol. The molecule has 0 radical (unpaired) electrons. The number of ether oxygens (including phenoxy) is 1. The number of hydrogen-bond donors (Lipinski definition) is 1. The molecular formula is C13H25NO2. The lowest BCUT2D eigenvalue weighted by molar-refractivity contribution is -0.148. The zero-order valence-electron chi connectivity index (χ0n) is 11.0. The Morgan fingerprint density at radius 1 is 1.38 bits per heavy atom. The first-order valence-electron chi connectivity index (χ1n) is 6.38. The van der Waals surface area contributed by atoms with Crippen molar-refractivity contribution in [2.45, 2.75) is 65.5 Å². The minimum absolute atomic E-state index is 0.0884. The minimum atomic E-state index is -0.185. The summed E-state index contributed by atoms with van der Waals surface area (Å²) in [4.78, 5) is 11.9. The van der Waals surface area contributed by atoms with Gasteiger partial charge in [0.2, 0.25) is 0 Å². The van der Waals surface area contributed by atoms with Crippen LogP contribution >= 0.6 is 0 Å². The second-order valence-electron chi connectivity index (χ2n) is 5.70. The molecule has 0 spiro atoms. The highest BCUT2D eigenvalue weighted by atomic mass is 16.5. The molecule has 1 rings (SSSR count). The van der Waals surface area contributed by atoms with E-state index in [1.54, 1.807) is 0 Å². The normalized spacial score (nSPS) is 19.8. The van der Waals surface area contributed by atoms with Crippen molar-refractivity contribution in [2.24, 2.45) is 5.41 Å². The lowest BCUT2D eigenvalue weighted by Gasteiger charge is -2.32.